The van der Waals surface area contributed by atoms with Crippen molar-refractivity contribution in [3.63, 3.8) is 0 Å². The number of ether oxygens (including phenoxy) is 1. The van der Waals surface area contributed by atoms with Gasteiger partial charge in [0.1, 0.15) is 6.17 Å². The standard InChI is InChI=1S/C24H25FN4O2/c25-22(17-5-2-1-3-6-17)21-13-16(8-12-28-21)15-31-24-19(7-4-10-29-24)20-14-27-11-9-18(20)23(26)30/h1-7,9-11,14,16,21-22,28H,8,12-13,15H2,(H2,26,30). The Morgan fingerprint density at radius 1 is 1.16 bits per heavy atom. The summed E-state index contributed by atoms with van der Waals surface area (Å²) in [6.45, 7) is 1.14. The summed E-state index contributed by atoms with van der Waals surface area (Å²) in [5.41, 5.74) is 7.79. The molecule has 1 saturated heterocycles. The van der Waals surface area contributed by atoms with Crippen molar-refractivity contribution < 1.29 is 13.9 Å². The number of halogens is 1. The van der Waals surface area contributed by atoms with Crippen LogP contribution in [0.1, 0.15) is 34.9 Å². The Hall–Kier alpha value is -3.32. The second-order valence-corrected chi connectivity index (χ2v) is 7.72. The van der Waals surface area contributed by atoms with Gasteiger partial charge in [-0.05, 0) is 49.1 Å². The first-order valence-corrected chi connectivity index (χ1v) is 10.4. The normalized spacial score (nSPS) is 19.5. The highest BCUT2D eigenvalue weighted by atomic mass is 19.1. The van der Waals surface area contributed by atoms with Gasteiger partial charge in [-0.15, -0.1) is 0 Å². The third-order valence-corrected chi connectivity index (χ3v) is 5.62. The summed E-state index contributed by atoms with van der Waals surface area (Å²) in [6, 6.07) is 14.1. The van der Waals surface area contributed by atoms with Crippen LogP contribution < -0.4 is 15.8 Å². The molecule has 1 amide bonds. The molecule has 4 rings (SSSR count). The van der Waals surface area contributed by atoms with Crippen LogP contribution >= 0.6 is 0 Å². The average Bonchev–Trinajstić information content (AvgIpc) is 2.83. The number of primary amides is 1. The van der Waals surface area contributed by atoms with Crippen LogP contribution in [0.4, 0.5) is 4.39 Å². The molecule has 1 aliphatic heterocycles. The predicted octanol–water partition coefficient (Wildman–Crippen LogP) is 3.70. The van der Waals surface area contributed by atoms with E-state index in [2.05, 4.69) is 15.3 Å². The van der Waals surface area contributed by atoms with Gasteiger partial charge in [-0.1, -0.05) is 30.3 Å². The van der Waals surface area contributed by atoms with Gasteiger partial charge in [-0.2, -0.15) is 0 Å². The van der Waals surface area contributed by atoms with E-state index in [0.717, 1.165) is 13.0 Å². The van der Waals surface area contributed by atoms with Crippen LogP contribution in [0.2, 0.25) is 0 Å². The number of aromatic nitrogens is 2. The van der Waals surface area contributed by atoms with Crippen molar-refractivity contribution in [3.8, 4) is 17.0 Å². The van der Waals surface area contributed by atoms with Crippen molar-refractivity contribution in [2.75, 3.05) is 13.2 Å². The molecule has 3 N–H and O–H groups in total. The second-order valence-electron chi connectivity index (χ2n) is 7.72. The van der Waals surface area contributed by atoms with Crippen LogP contribution in [0.5, 0.6) is 5.88 Å². The first kappa shape index (κ1) is 20.9. The highest BCUT2D eigenvalue weighted by molar-refractivity contribution is 6.00. The smallest absolute Gasteiger partial charge is 0.249 e. The van der Waals surface area contributed by atoms with Crippen molar-refractivity contribution in [3.05, 3.63) is 78.2 Å². The van der Waals surface area contributed by atoms with Gasteiger partial charge in [0.2, 0.25) is 11.8 Å². The molecule has 3 atom stereocenters. The lowest BCUT2D eigenvalue weighted by molar-refractivity contribution is 0.100. The molecule has 3 unspecified atom stereocenters. The van der Waals surface area contributed by atoms with Crippen LogP contribution in [0.25, 0.3) is 11.1 Å². The lowest BCUT2D eigenvalue weighted by Gasteiger charge is -2.32. The number of carbonyl (C=O) groups is 1. The van der Waals surface area contributed by atoms with Crippen LogP contribution in [0, 0.1) is 5.92 Å². The number of amides is 1. The molecule has 0 spiro atoms. The second kappa shape index (κ2) is 9.66. The molecule has 1 aromatic carbocycles. The zero-order chi connectivity index (χ0) is 21.6. The fourth-order valence-corrected chi connectivity index (χ4v) is 4.01. The predicted molar refractivity (Wildman–Crippen MR) is 116 cm³/mol. The molecular formula is C24H25FN4O2. The van der Waals surface area contributed by atoms with E-state index >= 15 is 0 Å². The fourth-order valence-electron chi connectivity index (χ4n) is 4.01. The summed E-state index contributed by atoms with van der Waals surface area (Å²) in [5.74, 6) is 0.0591. The van der Waals surface area contributed by atoms with E-state index in [-0.39, 0.29) is 12.0 Å². The van der Waals surface area contributed by atoms with E-state index in [9.17, 15) is 9.18 Å². The Kier molecular flexibility index (Phi) is 6.52. The van der Waals surface area contributed by atoms with Gasteiger partial charge in [0.25, 0.3) is 0 Å². The molecule has 0 aliphatic carbocycles. The quantitative estimate of drug-likeness (QED) is 0.608. The number of hydrogen-bond donors (Lipinski definition) is 2. The number of benzene rings is 1. The van der Waals surface area contributed by atoms with E-state index in [1.54, 1.807) is 24.5 Å². The molecule has 6 nitrogen and oxygen atoms in total. The monoisotopic (exact) mass is 420 g/mol. The molecule has 0 bridgehead atoms. The minimum absolute atomic E-state index is 0.188. The van der Waals surface area contributed by atoms with Gasteiger partial charge in [0.15, 0.2) is 0 Å². The molecule has 2 aromatic heterocycles. The third kappa shape index (κ3) is 4.88. The largest absolute Gasteiger partial charge is 0.477 e. The number of rotatable bonds is 7. The van der Waals surface area contributed by atoms with E-state index in [1.165, 1.54) is 6.20 Å². The Morgan fingerprint density at radius 3 is 2.81 bits per heavy atom. The van der Waals surface area contributed by atoms with Crippen molar-refractivity contribution in [2.45, 2.75) is 25.1 Å². The lowest BCUT2D eigenvalue weighted by atomic mass is 9.88. The number of nitrogens with one attached hydrogen (secondary N) is 1. The minimum atomic E-state index is -1.07. The maximum atomic E-state index is 15.0. The zero-order valence-electron chi connectivity index (χ0n) is 17.1. The number of piperidine rings is 1. The lowest BCUT2D eigenvalue weighted by Crippen LogP contribution is -2.42. The van der Waals surface area contributed by atoms with E-state index in [4.69, 9.17) is 10.5 Å². The van der Waals surface area contributed by atoms with Crippen LogP contribution in [-0.2, 0) is 0 Å². The average molecular weight is 420 g/mol. The van der Waals surface area contributed by atoms with Crippen LogP contribution in [-0.4, -0.2) is 35.1 Å². The molecule has 0 radical (unpaired) electrons. The molecule has 7 heteroatoms. The first-order valence-electron chi connectivity index (χ1n) is 10.4. The number of nitrogens with two attached hydrogens (primary N) is 1. The van der Waals surface area contributed by atoms with Gasteiger partial charge in [0, 0.05) is 35.8 Å². The van der Waals surface area contributed by atoms with Gasteiger partial charge in [0.05, 0.1) is 12.2 Å². The molecule has 1 aliphatic rings. The highest BCUT2D eigenvalue weighted by Crippen LogP contribution is 2.32. The number of carbonyl (C=O) groups excluding carboxylic acids is 1. The summed E-state index contributed by atoms with van der Waals surface area (Å²) >= 11 is 0. The van der Waals surface area contributed by atoms with E-state index < -0.39 is 12.1 Å². The number of alkyl halides is 1. The summed E-state index contributed by atoms with van der Waals surface area (Å²) in [7, 11) is 0. The maximum absolute atomic E-state index is 15.0. The molecule has 3 aromatic rings. The van der Waals surface area contributed by atoms with E-state index in [0.29, 0.717) is 41.2 Å². The van der Waals surface area contributed by atoms with E-state index in [1.807, 2.05) is 36.4 Å². The summed E-state index contributed by atoms with van der Waals surface area (Å²) in [4.78, 5) is 20.3. The number of pyridine rings is 2. The van der Waals surface area contributed by atoms with Gasteiger partial charge in [-0.3, -0.25) is 9.78 Å². The molecule has 1 fully saturated rings. The molecular weight excluding hydrogens is 395 g/mol. The van der Waals surface area contributed by atoms with Gasteiger partial charge < -0.3 is 15.8 Å². The molecule has 31 heavy (non-hydrogen) atoms. The Balaban J connectivity index is 1.46. The van der Waals surface area contributed by atoms with Crippen molar-refractivity contribution in [2.24, 2.45) is 11.7 Å². The Bertz CT molecular complexity index is 1030. The summed E-state index contributed by atoms with van der Waals surface area (Å²) < 4.78 is 21.1. The van der Waals surface area contributed by atoms with Gasteiger partial charge in [-0.25, -0.2) is 9.37 Å². The summed E-state index contributed by atoms with van der Waals surface area (Å²) in [6.07, 6.45) is 5.23. The fraction of sp³-hybridized carbons (Fsp3) is 0.292. The van der Waals surface area contributed by atoms with Gasteiger partial charge >= 0.3 is 0 Å². The molecule has 0 saturated carbocycles. The minimum Gasteiger partial charge on any atom is -0.477 e. The number of hydrogen-bond acceptors (Lipinski definition) is 5. The molecule has 160 valence electrons. The third-order valence-electron chi connectivity index (χ3n) is 5.62. The Morgan fingerprint density at radius 2 is 2.00 bits per heavy atom. The highest BCUT2D eigenvalue weighted by Gasteiger charge is 2.29. The summed E-state index contributed by atoms with van der Waals surface area (Å²) in [5, 5.41) is 3.30. The van der Waals surface area contributed by atoms with Crippen LogP contribution in [0.3, 0.4) is 0 Å². The first-order chi connectivity index (χ1) is 15.1. The van der Waals surface area contributed by atoms with Crippen LogP contribution in [0.15, 0.2) is 67.1 Å². The molecule has 3 heterocycles. The zero-order valence-corrected chi connectivity index (χ0v) is 17.1. The van der Waals surface area contributed by atoms with Crippen molar-refractivity contribution in [1.82, 2.24) is 15.3 Å². The van der Waals surface area contributed by atoms with Crippen molar-refractivity contribution in [1.29, 1.82) is 0 Å². The SMILES string of the molecule is NC(=O)c1ccncc1-c1cccnc1OCC1CCNC(C(F)c2ccccc2)C1. The number of nitrogens with zero attached hydrogens (tertiary/aromatic N) is 2. The maximum Gasteiger partial charge on any atom is 0.249 e. The van der Waals surface area contributed by atoms with Crippen molar-refractivity contribution >= 4 is 5.91 Å². The topological polar surface area (TPSA) is 90.1 Å². The Labute approximate surface area is 180 Å².